The van der Waals surface area contributed by atoms with Gasteiger partial charge < -0.3 is 20.3 Å². The van der Waals surface area contributed by atoms with Gasteiger partial charge in [0.05, 0.1) is 5.41 Å². The molecule has 1 amide bonds. The predicted molar refractivity (Wildman–Crippen MR) is 103 cm³/mol. The summed E-state index contributed by atoms with van der Waals surface area (Å²) in [6, 6.07) is 10.2. The molecule has 1 aliphatic rings. The lowest BCUT2D eigenvalue weighted by Gasteiger charge is -2.38. The van der Waals surface area contributed by atoms with Gasteiger partial charge in [-0.1, -0.05) is 18.2 Å². The predicted octanol–water partition coefficient (Wildman–Crippen LogP) is 2.18. The first kappa shape index (κ1) is 23.0. The fraction of sp³-hybridized carbons (Fsp3) is 0.588. The van der Waals surface area contributed by atoms with E-state index < -0.39 is 5.41 Å². The molecular weight excluding hydrogens is 349 g/mol. The van der Waals surface area contributed by atoms with E-state index in [2.05, 4.69) is 17.0 Å². The molecule has 7 heteroatoms. The van der Waals surface area contributed by atoms with Crippen LogP contribution in [0.5, 0.6) is 0 Å². The number of rotatable bonds is 6. The second kappa shape index (κ2) is 10.8. The number of nitrogens with two attached hydrogens (primary N) is 1. The molecule has 2 rings (SSSR count). The number of likely N-dealkylation sites (N-methyl/N-ethyl adjacent to an activating group) is 2. The normalized spacial score (nSPS) is 15.6. The van der Waals surface area contributed by atoms with Crippen LogP contribution in [-0.4, -0.2) is 57.8 Å². The number of nitrogens with zero attached hydrogens (tertiary/aromatic N) is 2. The molecule has 24 heavy (non-hydrogen) atoms. The van der Waals surface area contributed by atoms with Crippen LogP contribution in [0.2, 0.25) is 0 Å². The van der Waals surface area contributed by atoms with Crippen molar-refractivity contribution in [1.82, 2.24) is 4.90 Å². The van der Waals surface area contributed by atoms with Crippen LogP contribution >= 0.6 is 24.8 Å². The molecule has 138 valence electrons. The van der Waals surface area contributed by atoms with E-state index in [9.17, 15) is 4.79 Å². The fourth-order valence-corrected chi connectivity index (χ4v) is 2.89. The summed E-state index contributed by atoms with van der Waals surface area (Å²) in [6.07, 6.45) is 1.45. The van der Waals surface area contributed by atoms with Crippen molar-refractivity contribution in [2.75, 3.05) is 51.8 Å². The first-order chi connectivity index (χ1) is 10.6. The van der Waals surface area contributed by atoms with Crippen LogP contribution in [-0.2, 0) is 9.53 Å². The molecule has 0 saturated carbocycles. The molecule has 0 aromatic heterocycles. The SMILES string of the molecule is CN(CCN(C)c1ccccc1)C(=O)C1(CN)CCOCC1.Cl.Cl. The Morgan fingerprint density at radius 1 is 1.12 bits per heavy atom. The maximum Gasteiger partial charge on any atom is 0.230 e. The van der Waals surface area contributed by atoms with Crippen molar-refractivity contribution < 1.29 is 9.53 Å². The van der Waals surface area contributed by atoms with Crippen LogP contribution in [0.25, 0.3) is 0 Å². The number of para-hydroxylation sites is 1. The summed E-state index contributed by atoms with van der Waals surface area (Å²) in [5, 5.41) is 0. The molecular formula is C17H29Cl2N3O2. The highest BCUT2D eigenvalue weighted by Crippen LogP contribution is 2.31. The molecule has 1 aliphatic heterocycles. The number of carbonyl (C=O) groups is 1. The van der Waals surface area contributed by atoms with Crippen LogP contribution in [0.3, 0.4) is 0 Å². The zero-order chi connectivity index (χ0) is 16.0. The van der Waals surface area contributed by atoms with Gasteiger partial charge >= 0.3 is 0 Å². The molecule has 0 unspecified atom stereocenters. The lowest BCUT2D eigenvalue weighted by molar-refractivity contribution is -0.145. The second-order valence-electron chi connectivity index (χ2n) is 6.08. The standard InChI is InChI=1S/C17H27N3O2.2ClH/c1-19(15-6-4-3-5-7-15)10-11-20(2)16(21)17(14-18)8-12-22-13-9-17;;/h3-7H,8-14,18H2,1-2H3;2*1H. The van der Waals surface area contributed by atoms with Crippen LogP contribution in [0, 0.1) is 5.41 Å². The Labute approximate surface area is 157 Å². The third-order valence-electron chi connectivity index (χ3n) is 4.61. The number of hydrogen-bond acceptors (Lipinski definition) is 4. The topological polar surface area (TPSA) is 58.8 Å². The van der Waals surface area contributed by atoms with E-state index >= 15 is 0 Å². The highest BCUT2D eigenvalue weighted by Gasteiger charge is 2.40. The Kier molecular flexibility index (Phi) is 10.3. The summed E-state index contributed by atoms with van der Waals surface area (Å²) in [6.45, 7) is 3.13. The summed E-state index contributed by atoms with van der Waals surface area (Å²) in [5.74, 6) is 0.153. The third kappa shape index (κ3) is 5.52. The van der Waals surface area contributed by atoms with E-state index in [1.807, 2.05) is 37.2 Å². The molecule has 0 atom stereocenters. The molecule has 0 aliphatic carbocycles. The number of halogens is 2. The number of hydrogen-bond donors (Lipinski definition) is 1. The van der Waals surface area contributed by atoms with Crippen LogP contribution in [0.15, 0.2) is 30.3 Å². The van der Waals surface area contributed by atoms with Crippen molar-refractivity contribution >= 4 is 36.4 Å². The van der Waals surface area contributed by atoms with Gasteiger partial charge in [0.25, 0.3) is 0 Å². The molecule has 0 spiro atoms. The van der Waals surface area contributed by atoms with Crippen LogP contribution < -0.4 is 10.6 Å². The summed E-state index contributed by atoms with van der Waals surface area (Å²) in [5.41, 5.74) is 6.63. The number of carbonyl (C=O) groups excluding carboxylic acids is 1. The van der Waals surface area contributed by atoms with Gasteiger partial charge in [0, 0.05) is 52.6 Å². The van der Waals surface area contributed by atoms with E-state index in [0.717, 1.165) is 25.1 Å². The lowest BCUT2D eigenvalue weighted by atomic mass is 9.79. The summed E-state index contributed by atoms with van der Waals surface area (Å²) in [4.78, 5) is 16.7. The highest BCUT2D eigenvalue weighted by atomic mass is 35.5. The average molecular weight is 378 g/mol. The summed E-state index contributed by atoms with van der Waals surface area (Å²) >= 11 is 0. The van der Waals surface area contributed by atoms with Crippen molar-refractivity contribution in [2.24, 2.45) is 11.1 Å². The average Bonchev–Trinajstić information content (AvgIpc) is 2.60. The minimum atomic E-state index is -0.432. The number of ether oxygens (including phenoxy) is 1. The molecule has 1 heterocycles. The minimum absolute atomic E-state index is 0. The molecule has 1 saturated heterocycles. The molecule has 0 radical (unpaired) electrons. The maximum atomic E-state index is 12.8. The summed E-state index contributed by atoms with van der Waals surface area (Å²) < 4.78 is 5.38. The van der Waals surface area contributed by atoms with Gasteiger partial charge in [0.2, 0.25) is 5.91 Å². The first-order valence-corrected chi connectivity index (χ1v) is 7.89. The molecule has 0 bridgehead atoms. The Bertz CT molecular complexity index is 482. The molecule has 1 aromatic carbocycles. The molecule has 1 fully saturated rings. The third-order valence-corrected chi connectivity index (χ3v) is 4.61. The van der Waals surface area contributed by atoms with Gasteiger partial charge in [-0.25, -0.2) is 0 Å². The Balaban J connectivity index is 0.00000264. The number of benzene rings is 1. The van der Waals surface area contributed by atoms with E-state index in [0.29, 0.717) is 26.3 Å². The quantitative estimate of drug-likeness (QED) is 0.825. The van der Waals surface area contributed by atoms with Gasteiger partial charge in [-0.15, -0.1) is 24.8 Å². The van der Waals surface area contributed by atoms with E-state index in [4.69, 9.17) is 10.5 Å². The smallest absolute Gasteiger partial charge is 0.230 e. The highest BCUT2D eigenvalue weighted by molar-refractivity contribution is 5.85. The fourth-order valence-electron chi connectivity index (χ4n) is 2.89. The zero-order valence-corrected chi connectivity index (χ0v) is 16.1. The minimum Gasteiger partial charge on any atom is -0.381 e. The largest absolute Gasteiger partial charge is 0.381 e. The molecule has 1 aromatic rings. The zero-order valence-electron chi connectivity index (χ0n) is 14.4. The van der Waals surface area contributed by atoms with Crippen LogP contribution in [0.1, 0.15) is 12.8 Å². The van der Waals surface area contributed by atoms with Crippen molar-refractivity contribution in [3.8, 4) is 0 Å². The molecule has 2 N–H and O–H groups in total. The van der Waals surface area contributed by atoms with Crippen molar-refractivity contribution in [1.29, 1.82) is 0 Å². The summed E-state index contributed by atoms with van der Waals surface area (Å²) in [7, 11) is 3.91. The van der Waals surface area contributed by atoms with Crippen molar-refractivity contribution in [3.63, 3.8) is 0 Å². The second-order valence-corrected chi connectivity index (χ2v) is 6.08. The Hall–Kier alpha value is -1.01. The first-order valence-electron chi connectivity index (χ1n) is 7.89. The van der Waals surface area contributed by atoms with E-state index in [1.54, 1.807) is 0 Å². The van der Waals surface area contributed by atoms with Gasteiger partial charge in [0.15, 0.2) is 0 Å². The van der Waals surface area contributed by atoms with E-state index in [-0.39, 0.29) is 30.7 Å². The van der Waals surface area contributed by atoms with Gasteiger partial charge in [-0.05, 0) is 25.0 Å². The Morgan fingerprint density at radius 2 is 1.71 bits per heavy atom. The Morgan fingerprint density at radius 3 is 2.25 bits per heavy atom. The monoisotopic (exact) mass is 377 g/mol. The molecule has 5 nitrogen and oxygen atoms in total. The number of anilines is 1. The van der Waals surface area contributed by atoms with Crippen molar-refractivity contribution in [3.05, 3.63) is 30.3 Å². The number of amides is 1. The van der Waals surface area contributed by atoms with Crippen molar-refractivity contribution in [2.45, 2.75) is 12.8 Å². The van der Waals surface area contributed by atoms with Gasteiger partial charge in [0.1, 0.15) is 0 Å². The van der Waals surface area contributed by atoms with Gasteiger partial charge in [-0.2, -0.15) is 0 Å². The van der Waals surface area contributed by atoms with E-state index in [1.165, 1.54) is 0 Å². The maximum absolute atomic E-state index is 12.8. The lowest BCUT2D eigenvalue weighted by Crippen LogP contribution is -2.50. The van der Waals surface area contributed by atoms with Gasteiger partial charge in [-0.3, -0.25) is 4.79 Å². The van der Waals surface area contributed by atoms with Crippen LogP contribution in [0.4, 0.5) is 5.69 Å².